The van der Waals surface area contributed by atoms with Crippen LogP contribution in [0.25, 0.3) is 0 Å². The average Bonchev–Trinajstić information content (AvgIpc) is 2.48. The number of nitrogens with one attached hydrogen (secondary N) is 1. The molecule has 114 valence electrons. The molecule has 2 amide bonds. The first-order chi connectivity index (χ1) is 10.1. The number of ether oxygens (including phenoxy) is 1. The summed E-state index contributed by atoms with van der Waals surface area (Å²) >= 11 is 0. The van der Waals surface area contributed by atoms with Crippen LogP contribution in [0.4, 0.5) is 10.5 Å². The number of benzene rings is 1. The molecular weight excluding hydrogens is 268 g/mol. The summed E-state index contributed by atoms with van der Waals surface area (Å²) in [5.74, 6) is -0.417. The number of rotatable bonds is 3. The zero-order valence-electron chi connectivity index (χ0n) is 12.6. The second kappa shape index (κ2) is 7.11. The van der Waals surface area contributed by atoms with Crippen LogP contribution >= 0.6 is 0 Å². The van der Waals surface area contributed by atoms with Crippen LogP contribution in [-0.4, -0.2) is 36.1 Å². The molecule has 1 aromatic carbocycles. The number of carbonyl (C=O) groups excluding carboxylic acids is 2. The summed E-state index contributed by atoms with van der Waals surface area (Å²) in [6.45, 7) is 4.88. The van der Waals surface area contributed by atoms with E-state index < -0.39 is 5.97 Å². The third-order valence-corrected chi connectivity index (χ3v) is 3.73. The zero-order valence-corrected chi connectivity index (χ0v) is 12.6. The SMILES string of the molecule is CCOC(=O)c1ccccc1NC(=O)N1CCCCC1C. The van der Waals surface area contributed by atoms with E-state index in [-0.39, 0.29) is 12.1 Å². The average molecular weight is 290 g/mol. The van der Waals surface area contributed by atoms with Crippen molar-refractivity contribution in [1.29, 1.82) is 0 Å². The van der Waals surface area contributed by atoms with Gasteiger partial charge in [0.2, 0.25) is 0 Å². The van der Waals surface area contributed by atoms with E-state index in [2.05, 4.69) is 12.2 Å². The Hall–Kier alpha value is -2.04. The van der Waals surface area contributed by atoms with Crippen molar-refractivity contribution < 1.29 is 14.3 Å². The van der Waals surface area contributed by atoms with Crippen molar-refractivity contribution in [1.82, 2.24) is 4.90 Å². The van der Waals surface area contributed by atoms with Gasteiger partial charge < -0.3 is 15.0 Å². The Labute approximate surface area is 125 Å². The monoisotopic (exact) mass is 290 g/mol. The van der Waals surface area contributed by atoms with Crippen LogP contribution in [0.5, 0.6) is 0 Å². The molecule has 1 aliphatic rings. The lowest BCUT2D eigenvalue weighted by molar-refractivity contribution is 0.0527. The Bertz CT molecular complexity index is 516. The fraction of sp³-hybridized carbons (Fsp3) is 0.500. The Morgan fingerprint density at radius 3 is 2.81 bits per heavy atom. The molecule has 1 heterocycles. The number of urea groups is 1. The first-order valence-electron chi connectivity index (χ1n) is 7.47. The minimum absolute atomic E-state index is 0.154. The third-order valence-electron chi connectivity index (χ3n) is 3.73. The summed E-state index contributed by atoms with van der Waals surface area (Å²) in [6.07, 6.45) is 3.20. The second-order valence-corrected chi connectivity index (χ2v) is 5.23. The second-order valence-electron chi connectivity index (χ2n) is 5.23. The van der Waals surface area contributed by atoms with Gasteiger partial charge in [-0.1, -0.05) is 12.1 Å². The summed E-state index contributed by atoms with van der Waals surface area (Å²) in [5.41, 5.74) is 0.885. The van der Waals surface area contributed by atoms with Gasteiger partial charge in [-0.3, -0.25) is 0 Å². The molecule has 1 atom stereocenters. The molecule has 0 aromatic heterocycles. The number of piperidine rings is 1. The molecule has 1 N–H and O–H groups in total. The summed E-state index contributed by atoms with van der Waals surface area (Å²) < 4.78 is 5.01. The maximum Gasteiger partial charge on any atom is 0.340 e. The quantitative estimate of drug-likeness (QED) is 0.869. The molecule has 0 aliphatic carbocycles. The van der Waals surface area contributed by atoms with E-state index in [1.54, 1.807) is 31.2 Å². The Morgan fingerprint density at radius 1 is 1.33 bits per heavy atom. The topological polar surface area (TPSA) is 58.6 Å². The smallest absolute Gasteiger partial charge is 0.340 e. The van der Waals surface area contributed by atoms with Crippen molar-refractivity contribution in [2.45, 2.75) is 39.2 Å². The maximum absolute atomic E-state index is 12.4. The number of carbonyl (C=O) groups is 2. The number of hydrogen-bond acceptors (Lipinski definition) is 3. The minimum atomic E-state index is -0.417. The van der Waals surface area contributed by atoms with Gasteiger partial charge in [0, 0.05) is 12.6 Å². The molecule has 1 saturated heterocycles. The van der Waals surface area contributed by atoms with Crippen LogP contribution in [0.15, 0.2) is 24.3 Å². The largest absolute Gasteiger partial charge is 0.462 e. The lowest BCUT2D eigenvalue weighted by atomic mass is 10.0. The van der Waals surface area contributed by atoms with Crippen molar-refractivity contribution in [2.24, 2.45) is 0 Å². The number of anilines is 1. The normalized spacial score (nSPS) is 18.2. The highest BCUT2D eigenvalue weighted by Gasteiger charge is 2.24. The number of esters is 1. The van der Waals surface area contributed by atoms with E-state index in [1.807, 2.05) is 4.90 Å². The van der Waals surface area contributed by atoms with Crippen LogP contribution in [-0.2, 0) is 4.74 Å². The highest BCUT2D eigenvalue weighted by molar-refractivity contribution is 6.00. The lowest BCUT2D eigenvalue weighted by Gasteiger charge is -2.33. The molecule has 1 aliphatic heterocycles. The molecule has 0 bridgehead atoms. The summed E-state index contributed by atoms with van der Waals surface area (Å²) in [4.78, 5) is 26.1. The maximum atomic E-state index is 12.4. The molecule has 5 nitrogen and oxygen atoms in total. The molecule has 2 rings (SSSR count). The van der Waals surface area contributed by atoms with E-state index in [0.29, 0.717) is 17.9 Å². The predicted octanol–water partition coefficient (Wildman–Crippen LogP) is 3.27. The van der Waals surface area contributed by atoms with Gasteiger partial charge in [-0.05, 0) is 45.2 Å². The molecule has 0 spiro atoms. The summed E-state index contributed by atoms with van der Waals surface area (Å²) in [5, 5.41) is 2.84. The van der Waals surface area contributed by atoms with Crippen molar-refractivity contribution >= 4 is 17.7 Å². The van der Waals surface area contributed by atoms with Crippen LogP contribution in [0.1, 0.15) is 43.5 Å². The highest BCUT2D eigenvalue weighted by Crippen LogP contribution is 2.20. The lowest BCUT2D eigenvalue weighted by Crippen LogP contribution is -2.44. The number of likely N-dealkylation sites (tertiary alicyclic amines) is 1. The van der Waals surface area contributed by atoms with E-state index >= 15 is 0 Å². The van der Waals surface area contributed by atoms with Gasteiger partial charge in [-0.2, -0.15) is 0 Å². The van der Waals surface area contributed by atoms with Crippen LogP contribution in [0, 0.1) is 0 Å². The van der Waals surface area contributed by atoms with Crippen molar-refractivity contribution in [2.75, 3.05) is 18.5 Å². The van der Waals surface area contributed by atoms with Crippen molar-refractivity contribution in [3.8, 4) is 0 Å². The van der Waals surface area contributed by atoms with Crippen molar-refractivity contribution in [3.05, 3.63) is 29.8 Å². The van der Waals surface area contributed by atoms with Crippen LogP contribution < -0.4 is 5.32 Å². The summed E-state index contributed by atoms with van der Waals surface area (Å²) in [6, 6.07) is 7.00. The predicted molar refractivity (Wildman–Crippen MR) is 81.4 cm³/mol. The van der Waals surface area contributed by atoms with Gasteiger partial charge in [0.1, 0.15) is 0 Å². The first-order valence-corrected chi connectivity index (χ1v) is 7.47. The zero-order chi connectivity index (χ0) is 15.2. The first kappa shape index (κ1) is 15.4. The number of hydrogen-bond donors (Lipinski definition) is 1. The van der Waals surface area contributed by atoms with Gasteiger partial charge in [0.25, 0.3) is 0 Å². The van der Waals surface area contributed by atoms with Crippen LogP contribution in [0.2, 0.25) is 0 Å². The van der Waals surface area contributed by atoms with Gasteiger partial charge >= 0.3 is 12.0 Å². The van der Waals surface area contributed by atoms with Crippen LogP contribution in [0.3, 0.4) is 0 Å². The summed E-state index contributed by atoms with van der Waals surface area (Å²) in [7, 11) is 0. The van der Waals surface area contributed by atoms with Gasteiger partial charge in [0.15, 0.2) is 0 Å². The standard InChI is InChI=1S/C16H22N2O3/c1-3-21-15(19)13-9-4-5-10-14(13)17-16(20)18-11-7-6-8-12(18)2/h4-5,9-10,12H,3,6-8,11H2,1-2H3,(H,17,20). The molecule has 1 unspecified atom stereocenters. The molecular formula is C16H22N2O3. The molecule has 5 heteroatoms. The number of para-hydroxylation sites is 1. The van der Waals surface area contributed by atoms with E-state index in [0.717, 1.165) is 25.8 Å². The molecule has 1 aromatic rings. The van der Waals surface area contributed by atoms with E-state index in [9.17, 15) is 9.59 Å². The fourth-order valence-electron chi connectivity index (χ4n) is 2.57. The molecule has 1 fully saturated rings. The highest BCUT2D eigenvalue weighted by atomic mass is 16.5. The molecule has 0 saturated carbocycles. The minimum Gasteiger partial charge on any atom is -0.462 e. The van der Waals surface area contributed by atoms with E-state index in [1.165, 1.54) is 0 Å². The third kappa shape index (κ3) is 3.74. The Morgan fingerprint density at radius 2 is 2.10 bits per heavy atom. The van der Waals surface area contributed by atoms with Crippen molar-refractivity contribution in [3.63, 3.8) is 0 Å². The van der Waals surface area contributed by atoms with Gasteiger partial charge in [0.05, 0.1) is 17.9 Å². The molecule has 21 heavy (non-hydrogen) atoms. The number of nitrogens with zero attached hydrogens (tertiary/aromatic N) is 1. The Balaban J connectivity index is 2.12. The van der Waals surface area contributed by atoms with Gasteiger partial charge in [-0.25, -0.2) is 9.59 Å². The Kier molecular flexibility index (Phi) is 5.20. The van der Waals surface area contributed by atoms with Gasteiger partial charge in [-0.15, -0.1) is 0 Å². The fourth-order valence-corrected chi connectivity index (χ4v) is 2.57. The number of amides is 2. The van der Waals surface area contributed by atoms with E-state index in [4.69, 9.17) is 4.74 Å². The molecule has 0 radical (unpaired) electrons.